The number of ketones is 1. The van der Waals surface area contributed by atoms with Crippen LogP contribution >= 0.6 is 0 Å². The normalized spacial score (nSPS) is 15.2. The molecule has 1 aliphatic rings. The van der Waals surface area contributed by atoms with Crippen molar-refractivity contribution in [3.8, 4) is 5.95 Å². The highest BCUT2D eigenvalue weighted by Crippen LogP contribution is 2.40. The zero-order valence-electron chi connectivity index (χ0n) is 13.9. The van der Waals surface area contributed by atoms with Crippen LogP contribution in [0.3, 0.4) is 0 Å². The first kappa shape index (κ1) is 15.6. The Labute approximate surface area is 144 Å². The molecule has 0 aromatic carbocycles. The van der Waals surface area contributed by atoms with Gasteiger partial charge in [0.2, 0.25) is 0 Å². The average Bonchev–Trinajstić information content (AvgIpc) is 3.18. The topological polar surface area (TPSA) is 99.6 Å². The van der Waals surface area contributed by atoms with Gasteiger partial charge in [-0.15, -0.1) is 0 Å². The molecule has 1 fully saturated rings. The Kier molecular flexibility index (Phi) is 4.09. The fourth-order valence-electron chi connectivity index (χ4n) is 2.73. The molecule has 0 aliphatic heterocycles. The van der Waals surface area contributed by atoms with E-state index in [0.717, 1.165) is 24.4 Å². The number of carbonyl (C=O) groups is 1. The van der Waals surface area contributed by atoms with Gasteiger partial charge in [-0.1, -0.05) is 12.1 Å². The summed E-state index contributed by atoms with van der Waals surface area (Å²) in [5, 5.41) is 8.10. The molecule has 0 amide bonds. The van der Waals surface area contributed by atoms with Crippen LogP contribution in [0, 0.1) is 0 Å². The predicted octanol–water partition coefficient (Wildman–Crippen LogP) is 2.69. The molecule has 3 heterocycles. The Morgan fingerprint density at radius 2 is 2.12 bits per heavy atom. The van der Waals surface area contributed by atoms with Crippen molar-refractivity contribution in [3.63, 3.8) is 0 Å². The molecule has 128 valence electrons. The van der Waals surface area contributed by atoms with E-state index in [1.807, 2.05) is 6.92 Å². The van der Waals surface area contributed by atoms with Crippen molar-refractivity contribution in [2.45, 2.75) is 44.4 Å². The first-order chi connectivity index (χ1) is 12.2. The lowest BCUT2D eigenvalue weighted by atomic mass is 10.0. The van der Waals surface area contributed by atoms with Crippen LogP contribution in [-0.4, -0.2) is 35.7 Å². The standard InChI is InChI=1S/C17H18N6O2/c1-11(16-20-10-21-23(16)17-18-7-2-8-19-17)3-6-14(24)13-9-15(25-22-13)12-4-5-12/h2,7-12H,3-6H2,1H3/t11-/m1/s1. The summed E-state index contributed by atoms with van der Waals surface area (Å²) >= 11 is 0. The monoisotopic (exact) mass is 338 g/mol. The van der Waals surface area contributed by atoms with Crippen molar-refractivity contribution < 1.29 is 9.32 Å². The van der Waals surface area contributed by atoms with Crippen molar-refractivity contribution in [1.82, 2.24) is 29.9 Å². The SMILES string of the molecule is C[C@H](CCC(=O)c1cc(C2CC2)on1)c1ncnn1-c1ncccn1. The van der Waals surface area contributed by atoms with Crippen LogP contribution in [0.25, 0.3) is 5.95 Å². The predicted molar refractivity (Wildman–Crippen MR) is 87.4 cm³/mol. The smallest absolute Gasteiger partial charge is 0.252 e. The molecule has 0 saturated heterocycles. The van der Waals surface area contributed by atoms with Gasteiger partial charge in [0.25, 0.3) is 5.95 Å². The number of carbonyl (C=O) groups excluding carboxylic acids is 1. The van der Waals surface area contributed by atoms with Crippen molar-refractivity contribution in [2.75, 3.05) is 0 Å². The van der Waals surface area contributed by atoms with Gasteiger partial charge in [0.1, 0.15) is 23.6 Å². The highest BCUT2D eigenvalue weighted by Gasteiger charge is 2.29. The second kappa shape index (κ2) is 6.54. The minimum atomic E-state index is -0.00970. The minimum absolute atomic E-state index is 0.00970. The van der Waals surface area contributed by atoms with Crippen LogP contribution in [-0.2, 0) is 0 Å². The van der Waals surface area contributed by atoms with Gasteiger partial charge in [-0.05, 0) is 25.3 Å². The summed E-state index contributed by atoms with van der Waals surface area (Å²) < 4.78 is 6.86. The molecule has 0 unspecified atom stereocenters. The molecule has 1 saturated carbocycles. The van der Waals surface area contributed by atoms with E-state index in [1.165, 1.54) is 6.33 Å². The fraction of sp³-hybridized carbons (Fsp3) is 0.412. The number of Topliss-reactive ketones (excluding diaryl/α,β-unsaturated/α-hetero) is 1. The molecule has 0 radical (unpaired) electrons. The van der Waals surface area contributed by atoms with E-state index in [2.05, 4.69) is 25.2 Å². The molecule has 0 N–H and O–H groups in total. The molecule has 8 heteroatoms. The second-order valence-electron chi connectivity index (χ2n) is 6.33. The maximum absolute atomic E-state index is 12.3. The van der Waals surface area contributed by atoms with Crippen molar-refractivity contribution >= 4 is 5.78 Å². The minimum Gasteiger partial charge on any atom is -0.360 e. The third-order valence-corrected chi connectivity index (χ3v) is 4.35. The van der Waals surface area contributed by atoms with Crippen molar-refractivity contribution in [2.24, 2.45) is 0 Å². The molecular weight excluding hydrogens is 320 g/mol. The summed E-state index contributed by atoms with van der Waals surface area (Å²) in [4.78, 5) is 25.0. The average molecular weight is 338 g/mol. The van der Waals surface area contributed by atoms with E-state index in [-0.39, 0.29) is 11.7 Å². The Balaban J connectivity index is 1.41. The van der Waals surface area contributed by atoms with Crippen LogP contribution < -0.4 is 0 Å². The maximum atomic E-state index is 12.3. The molecule has 3 aromatic heterocycles. The molecule has 1 atom stereocenters. The van der Waals surface area contributed by atoms with Crippen LogP contribution in [0.4, 0.5) is 0 Å². The summed E-state index contributed by atoms with van der Waals surface area (Å²) in [5.41, 5.74) is 0.418. The van der Waals surface area contributed by atoms with Gasteiger partial charge in [0, 0.05) is 36.7 Å². The molecule has 25 heavy (non-hydrogen) atoms. The quantitative estimate of drug-likeness (QED) is 0.611. The third-order valence-electron chi connectivity index (χ3n) is 4.35. The summed E-state index contributed by atoms with van der Waals surface area (Å²) in [6.07, 6.45) is 8.04. The number of rotatable bonds is 7. The molecule has 3 aromatic rings. The van der Waals surface area contributed by atoms with Gasteiger partial charge in [-0.25, -0.2) is 15.0 Å². The van der Waals surface area contributed by atoms with Crippen LogP contribution in [0.15, 0.2) is 35.4 Å². The van der Waals surface area contributed by atoms with Crippen LogP contribution in [0.5, 0.6) is 0 Å². The molecule has 0 spiro atoms. The Morgan fingerprint density at radius 1 is 1.32 bits per heavy atom. The summed E-state index contributed by atoms with van der Waals surface area (Å²) in [7, 11) is 0. The lowest BCUT2D eigenvalue weighted by Crippen LogP contribution is -2.11. The summed E-state index contributed by atoms with van der Waals surface area (Å²) in [5.74, 6) is 2.51. The van der Waals surface area contributed by atoms with Gasteiger partial charge in [0.15, 0.2) is 5.78 Å². The molecule has 8 nitrogen and oxygen atoms in total. The zero-order valence-corrected chi connectivity index (χ0v) is 13.9. The summed E-state index contributed by atoms with van der Waals surface area (Å²) in [6.45, 7) is 2.01. The van der Waals surface area contributed by atoms with Crippen LogP contribution in [0.1, 0.15) is 66.5 Å². The van der Waals surface area contributed by atoms with E-state index in [1.54, 1.807) is 29.2 Å². The van der Waals surface area contributed by atoms with E-state index in [9.17, 15) is 4.79 Å². The first-order valence-electron chi connectivity index (χ1n) is 8.39. The lowest BCUT2D eigenvalue weighted by molar-refractivity contribution is 0.0968. The second-order valence-corrected chi connectivity index (χ2v) is 6.33. The largest absolute Gasteiger partial charge is 0.360 e. The van der Waals surface area contributed by atoms with Crippen LogP contribution in [0.2, 0.25) is 0 Å². The maximum Gasteiger partial charge on any atom is 0.252 e. The molecule has 0 bridgehead atoms. The Bertz CT molecular complexity index is 868. The summed E-state index contributed by atoms with van der Waals surface area (Å²) in [6, 6.07) is 3.53. The number of aromatic nitrogens is 6. The van der Waals surface area contributed by atoms with Crippen molar-refractivity contribution in [1.29, 1.82) is 0 Å². The van der Waals surface area contributed by atoms with Gasteiger partial charge in [0.05, 0.1) is 0 Å². The van der Waals surface area contributed by atoms with Gasteiger partial charge in [-0.2, -0.15) is 9.78 Å². The molecule has 4 rings (SSSR count). The first-order valence-corrected chi connectivity index (χ1v) is 8.39. The number of nitrogens with zero attached hydrogens (tertiary/aromatic N) is 6. The van der Waals surface area contributed by atoms with E-state index >= 15 is 0 Å². The number of hydrogen-bond donors (Lipinski definition) is 0. The lowest BCUT2D eigenvalue weighted by Gasteiger charge is -2.10. The Hall–Kier alpha value is -2.90. The third kappa shape index (κ3) is 3.33. The number of hydrogen-bond acceptors (Lipinski definition) is 7. The van der Waals surface area contributed by atoms with Gasteiger partial charge in [-0.3, -0.25) is 4.79 Å². The Morgan fingerprint density at radius 3 is 2.88 bits per heavy atom. The zero-order chi connectivity index (χ0) is 17.2. The highest BCUT2D eigenvalue weighted by atomic mass is 16.5. The van der Waals surface area contributed by atoms with E-state index < -0.39 is 0 Å². The van der Waals surface area contributed by atoms with Crippen molar-refractivity contribution in [3.05, 3.63) is 48.1 Å². The van der Waals surface area contributed by atoms with Gasteiger partial charge < -0.3 is 4.52 Å². The molecular formula is C17H18N6O2. The highest BCUT2D eigenvalue weighted by molar-refractivity contribution is 5.94. The molecule has 1 aliphatic carbocycles. The van der Waals surface area contributed by atoms with E-state index in [0.29, 0.717) is 30.4 Å². The van der Waals surface area contributed by atoms with E-state index in [4.69, 9.17) is 4.52 Å². The van der Waals surface area contributed by atoms with Gasteiger partial charge >= 0.3 is 0 Å². The fourth-order valence-corrected chi connectivity index (χ4v) is 2.73.